The minimum absolute atomic E-state index is 0.770. The van der Waals surface area contributed by atoms with E-state index in [-0.39, 0.29) is 0 Å². The van der Waals surface area contributed by atoms with Gasteiger partial charge in [-0.2, -0.15) is 0 Å². The minimum Gasteiger partial charge on any atom is -0.369 e. The van der Waals surface area contributed by atoms with Crippen LogP contribution in [0, 0.1) is 0 Å². The maximum Gasteiger partial charge on any atom is 0.0553 e. The second-order valence-electron chi connectivity index (χ2n) is 5.20. The first-order valence-corrected chi connectivity index (χ1v) is 6.82. The van der Waals surface area contributed by atoms with E-state index in [0.717, 1.165) is 6.04 Å². The molecule has 0 aliphatic carbocycles. The Morgan fingerprint density at radius 2 is 2.06 bits per heavy atom. The number of rotatable bonds is 1. The zero-order chi connectivity index (χ0) is 11.5. The molecule has 2 aliphatic heterocycles. The van der Waals surface area contributed by atoms with Crippen LogP contribution in [0.1, 0.15) is 25.7 Å². The first-order chi connectivity index (χ1) is 8.43. The highest BCUT2D eigenvalue weighted by molar-refractivity contribution is 5.44. The molecule has 0 radical (unpaired) electrons. The number of pyridine rings is 1. The predicted octanol–water partition coefficient (Wildman–Crippen LogP) is 2.15. The van der Waals surface area contributed by atoms with Crippen LogP contribution in [0.15, 0.2) is 24.5 Å². The van der Waals surface area contributed by atoms with Gasteiger partial charge in [0.15, 0.2) is 0 Å². The van der Waals surface area contributed by atoms with E-state index in [1.807, 2.05) is 18.5 Å². The highest BCUT2D eigenvalue weighted by Gasteiger charge is 2.26. The summed E-state index contributed by atoms with van der Waals surface area (Å²) in [5.74, 6) is 0. The topological polar surface area (TPSA) is 19.4 Å². The van der Waals surface area contributed by atoms with Crippen LogP contribution in [-0.2, 0) is 0 Å². The zero-order valence-corrected chi connectivity index (χ0v) is 10.4. The van der Waals surface area contributed by atoms with E-state index in [1.54, 1.807) is 0 Å². The Kier molecular flexibility index (Phi) is 3.27. The van der Waals surface area contributed by atoms with Crippen molar-refractivity contribution in [1.29, 1.82) is 0 Å². The Balaban J connectivity index is 1.74. The van der Waals surface area contributed by atoms with Gasteiger partial charge in [-0.3, -0.25) is 9.88 Å². The fourth-order valence-corrected chi connectivity index (χ4v) is 3.15. The zero-order valence-electron chi connectivity index (χ0n) is 10.4. The molecule has 1 aromatic heterocycles. The molecule has 0 spiro atoms. The Morgan fingerprint density at radius 1 is 1.12 bits per heavy atom. The molecular formula is C14H21N3. The maximum absolute atomic E-state index is 4.24. The summed E-state index contributed by atoms with van der Waals surface area (Å²) in [5.41, 5.74) is 1.29. The number of nitrogens with zero attached hydrogens (tertiary/aromatic N) is 3. The third-order valence-electron chi connectivity index (χ3n) is 4.06. The van der Waals surface area contributed by atoms with Crippen LogP contribution in [0.2, 0.25) is 0 Å². The summed E-state index contributed by atoms with van der Waals surface area (Å²) in [7, 11) is 0. The average molecular weight is 231 g/mol. The van der Waals surface area contributed by atoms with E-state index in [0.29, 0.717) is 0 Å². The highest BCUT2D eigenvalue weighted by Crippen LogP contribution is 2.23. The van der Waals surface area contributed by atoms with Crippen LogP contribution < -0.4 is 4.90 Å². The summed E-state index contributed by atoms with van der Waals surface area (Å²) in [5, 5.41) is 0. The van der Waals surface area contributed by atoms with Gasteiger partial charge in [0.25, 0.3) is 0 Å². The quantitative estimate of drug-likeness (QED) is 0.738. The van der Waals surface area contributed by atoms with Gasteiger partial charge in [0, 0.05) is 31.9 Å². The molecule has 1 unspecified atom stereocenters. The van der Waals surface area contributed by atoms with Crippen molar-refractivity contribution in [3.05, 3.63) is 24.5 Å². The molecule has 17 heavy (non-hydrogen) atoms. The molecule has 3 rings (SSSR count). The lowest BCUT2D eigenvalue weighted by Gasteiger charge is -2.35. The standard InChI is InChI=1S/C14H21N3/c1-2-8-16-9-4-10-17(12-14(16)5-1)13-6-3-7-15-11-13/h3,6-7,11,14H,1-2,4-5,8-10,12H2. The lowest BCUT2D eigenvalue weighted by atomic mass is 10.0. The molecule has 0 saturated carbocycles. The number of hydrogen-bond donors (Lipinski definition) is 0. The van der Waals surface area contributed by atoms with Gasteiger partial charge < -0.3 is 4.90 Å². The third-order valence-corrected chi connectivity index (χ3v) is 4.06. The van der Waals surface area contributed by atoms with Crippen molar-refractivity contribution in [2.45, 2.75) is 31.7 Å². The number of fused-ring (bicyclic) bond motifs is 1. The number of anilines is 1. The predicted molar refractivity (Wildman–Crippen MR) is 70.3 cm³/mol. The van der Waals surface area contributed by atoms with Crippen molar-refractivity contribution in [3.63, 3.8) is 0 Å². The molecule has 0 N–H and O–H groups in total. The second kappa shape index (κ2) is 5.05. The molecule has 92 valence electrons. The van der Waals surface area contributed by atoms with Crippen LogP contribution in [0.5, 0.6) is 0 Å². The van der Waals surface area contributed by atoms with Gasteiger partial charge in [-0.25, -0.2) is 0 Å². The van der Waals surface area contributed by atoms with E-state index >= 15 is 0 Å². The molecule has 1 aromatic rings. The largest absolute Gasteiger partial charge is 0.369 e. The summed E-state index contributed by atoms with van der Waals surface area (Å²) < 4.78 is 0. The normalized spacial score (nSPS) is 26.4. The maximum atomic E-state index is 4.24. The molecule has 3 nitrogen and oxygen atoms in total. The molecule has 2 aliphatic rings. The van der Waals surface area contributed by atoms with E-state index in [9.17, 15) is 0 Å². The smallest absolute Gasteiger partial charge is 0.0553 e. The number of aromatic nitrogens is 1. The van der Waals surface area contributed by atoms with Crippen LogP contribution in [0.4, 0.5) is 5.69 Å². The van der Waals surface area contributed by atoms with Crippen LogP contribution >= 0.6 is 0 Å². The Hall–Kier alpha value is -1.09. The lowest BCUT2D eigenvalue weighted by Crippen LogP contribution is -2.44. The van der Waals surface area contributed by atoms with Crippen molar-refractivity contribution in [1.82, 2.24) is 9.88 Å². The van der Waals surface area contributed by atoms with Crippen molar-refractivity contribution in [3.8, 4) is 0 Å². The minimum atomic E-state index is 0.770. The van der Waals surface area contributed by atoms with E-state index < -0.39 is 0 Å². The van der Waals surface area contributed by atoms with Gasteiger partial charge >= 0.3 is 0 Å². The summed E-state index contributed by atoms with van der Waals surface area (Å²) in [6, 6.07) is 5.00. The SMILES string of the molecule is c1cncc(N2CCCN3CCCCC3C2)c1. The van der Waals surface area contributed by atoms with Crippen molar-refractivity contribution >= 4 is 5.69 Å². The third kappa shape index (κ3) is 2.44. The summed E-state index contributed by atoms with van der Waals surface area (Å²) in [6.45, 7) is 4.96. The Bertz CT molecular complexity index is 352. The van der Waals surface area contributed by atoms with Gasteiger partial charge in [0.2, 0.25) is 0 Å². The second-order valence-corrected chi connectivity index (χ2v) is 5.20. The van der Waals surface area contributed by atoms with E-state index in [2.05, 4.69) is 20.9 Å². The van der Waals surface area contributed by atoms with Crippen molar-refractivity contribution in [2.24, 2.45) is 0 Å². The monoisotopic (exact) mass is 231 g/mol. The van der Waals surface area contributed by atoms with Crippen molar-refractivity contribution in [2.75, 3.05) is 31.1 Å². The fourth-order valence-electron chi connectivity index (χ4n) is 3.15. The average Bonchev–Trinajstić information content (AvgIpc) is 2.62. The summed E-state index contributed by atoms with van der Waals surface area (Å²) in [6.07, 6.45) is 9.31. The molecule has 2 fully saturated rings. The molecule has 0 bridgehead atoms. The summed E-state index contributed by atoms with van der Waals surface area (Å²) in [4.78, 5) is 9.45. The molecular weight excluding hydrogens is 210 g/mol. The van der Waals surface area contributed by atoms with Crippen molar-refractivity contribution < 1.29 is 0 Å². The van der Waals surface area contributed by atoms with Gasteiger partial charge in [-0.15, -0.1) is 0 Å². The van der Waals surface area contributed by atoms with Crippen LogP contribution in [-0.4, -0.2) is 42.1 Å². The molecule has 0 aromatic carbocycles. The van der Waals surface area contributed by atoms with Crippen LogP contribution in [0.25, 0.3) is 0 Å². The number of hydrogen-bond acceptors (Lipinski definition) is 3. The lowest BCUT2D eigenvalue weighted by molar-refractivity contribution is 0.162. The van der Waals surface area contributed by atoms with Gasteiger partial charge in [-0.05, 0) is 37.9 Å². The summed E-state index contributed by atoms with van der Waals surface area (Å²) >= 11 is 0. The number of piperidine rings is 1. The Labute approximate surface area is 103 Å². The Morgan fingerprint density at radius 3 is 2.94 bits per heavy atom. The fraction of sp³-hybridized carbons (Fsp3) is 0.643. The molecule has 3 heterocycles. The van der Waals surface area contributed by atoms with Crippen LogP contribution in [0.3, 0.4) is 0 Å². The first kappa shape index (κ1) is 11.0. The van der Waals surface area contributed by atoms with E-state index in [4.69, 9.17) is 0 Å². The molecule has 2 saturated heterocycles. The van der Waals surface area contributed by atoms with E-state index in [1.165, 1.54) is 57.5 Å². The molecule has 3 heteroatoms. The highest BCUT2D eigenvalue weighted by atomic mass is 15.2. The molecule has 1 atom stereocenters. The first-order valence-electron chi connectivity index (χ1n) is 6.82. The molecule has 0 amide bonds. The van der Waals surface area contributed by atoms with Gasteiger partial charge in [-0.1, -0.05) is 6.42 Å². The van der Waals surface area contributed by atoms with Gasteiger partial charge in [0.1, 0.15) is 0 Å². The van der Waals surface area contributed by atoms with Gasteiger partial charge in [0.05, 0.1) is 11.9 Å².